The SMILES string of the molecule is CC[C@H](C)[C@@H]([C@@H](CC(=O)N1CCC[C@H]1[C@H](OC)[C@@H](C)C(=O)N1Cc2ccccc2C[C@H]1C(=O)O)OC)N(C)C(=O)[C@@H](NC(=O)C(NC)C(C)C)C(C)C. The summed E-state index contributed by atoms with van der Waals surface area (Å²) in [5.41, 5.74) is 1.84. The molecule has 2 aliphatic heterocycles. The molecule has 13 nitrogen and oxygen atoms in total. The summed E-state index contributed by atoms with van der Waals surface area (Å²) in [6.45, 7) is 14.1. The lowest BCUT2D eigenvalue weighted by Gasteiger charge is -2.41. The first-order valence-corrected chi connectivity index (χ1v) is 19.2. The zero-order chi connectivity index (χ0) is 39.7. The number of carbonyl (C=O) groups is 5. The maximum absolute atomic E-state index is 14.2. The van der Waals surface area contributed by atoms with Crippen LogP contribution in [0.4, 0.5) is 0 Å². The number of fused-ring (bicyclic) bond motifs is 1. The third-order valence-electron chi connectivity index (χ3n) is 11.5. The summed E-state index contributed by atoms with van der Waals surface area (Å²) in [5.74, 6) is -2.98. The van der Waals surface area contributed by atoms with Crippen molar-refractivity contribution in [3.05, 3.63) is 35.4 Å². The molecule has 0 saturated carbocycles. The number of hydrogen-bond donors (Lipinski definition) is 3. The fourth-order valence-corrected chi connectivity index (χ4v) is 8.28. The van der Waals surface area contributed by atoms with E-state index in [1.54, 1.807) is 37.9 Å². The number of rotatable bonds is 18. The van der Waals surface area contributed by atoms with Crippen molar-refractivity contribution in [3.8, 4) is 0 Å². The Morgan fingerprint density at radius 3 is 2.09 bits per heavy atom. The molecule has 3 N–H and O–H groups in total. The van der Waals surface area contributed by atoms with Crippen LogP contribution >= 0.6 is 0 Å². The Morgan fingerprint density at radius 1 is 0.943 bits per heavy atom. The smallest absolute Gasteiger partial charge is 0.326 e. The van der Waals surface area contributed by atoms with Crippen LogP contribution in [0.3, 0.4) is 0 Å². The number of carbonyl (C=O) groups excluding carboxylic acids is 4. The molecular weight excluding hydrogens is 678 g/mol. The highest BCUT2D eigenvalue weighted by Gasteiger charge is 2.45. The van der Waals surface area contributed by atoms with Crippen LogP contribution in [0.25, 0.3) is 0 Å². The van der Waals surface area contributed by atoms with Gasteiger partial charge in [-0.05, 0) is 48.8 Å². The van der Waals surface area contributed by atoms with Gasteiger partial charge >= 0.3 is 5.97 Å². The van der Waals surface area contributed by atoms with Crippen LogP contribution in [0, 0.1) is 23.7 Å². The molecule has 53 heavy (non-hydrogen) atoms. The molecular formula is C40H65N5O8. The fourth-order valence-electron chi connectivity index (χ4n) is 8.28. The monoisotopic (exact) mass is 743 g/mol. The summed E-state index contributed by atoms with van der Waals surface area (Å²) in [7, 11) is 6.51. The highest BCUT2D eigenvalue weighted by molar-refractivity contribution is 5.90. The number of carboxylic acids is 1. The predicted molar refractivity (Wildman–Crippen MR) is 203 cm³/mol. The molecule has 9 atom stereocenters. The summed E-state index contributed by atoms with van der Waals surface area (Å²) in [4.78, 5) is 72.8. The van der Waals surface area contributed by atoms with Crippen LogP contribution in [-0.2, 0) is 46.4 Å². The lowest BCUT2D eigenvalue weighted by atomic mass is 9.89. The summed E-state index contributed by atoms with van der Waals surface area (Å²) >= 11 is 0. The summed E-state index contributed by atoms with van der Waals surface area (Å²) in [5, 5.41) is 16.1. The van der Waals surface area contributed by atoms with Crippen LogP contribution < -0.4 is 10.6 Å². The average molecular weight is 744 g/mol. The molecule has 0 spiro atoms. The molecule has 1 aromatic rings. The summed E-state index contributed by atoms with van der Waals surface area (Å²) in [6.07, 6.45) is 0.965. The van der Waals surface area contributed by atoms with Crippen molar-refractivity contribution in [2.45, 2.75) is 130 Å². The molecule has 1 saturated heterocycles. The molecule has 0 radical (unpaired) electrons. The molecule has 1 unspecified atom stereocenters. The molecule has 0 aliphatic carbocycles. The highest BCUT2D eigenvalue weighted by atomic mass is 16.5. The normalized spacial score (nSPS) is 21.3. The van der Waals surface area contributed by atoms with Gasteiger partial charge < -0.3 is 39.9 Å². The third-order valence-corrected chi connectivity index (χ3v) is 11.5. The first kappa shape index (κ1) is 43.9. The minimum absolute atomic E-state index is 0.00370. The topological polar surface area (TPSA) is 158 Å². The van der Waals surface area contributed by atoms with E-state index in [2.05, 4.69) is 10.6 Å². The number of aliphatic carboxylic acids is 1. The Bertz CT molecular complexity index is 1420. The van der Waals surface area contributed by atoms with Gasteiger partial charge in [-0.15, -0.1) is 0 Å². The number of ether oxygens (including phenoxy) is 2. The number of likely N-dealkylation sites (tertiary alicyclic amines) is 1. The molecule has 4 amide bonds. The number of nitrogens with zero attached hydrogens (tertiary/aromatic N) is 3. The van der Waals surface area contributed by atoms with E-state index in [-0.39, 0.29) is 60.8 Å². The van der Waals surface area contributed by atoms with Crippen molar-refractivity contribution in [1.29, 1.82) is 0 Å². The number of likely N-dealkylation sites (N-methyl/N-ethyl adjacent to an activating group) is 2. The standard InChI is InChI=1S/C40H65N5O8/c1-12-25(6)35(43(9)39(49)34(24(4)5)42-37(47)33(41-8)23(2)3)31(52-10)21-32(46)44-19-15-18-29(44)36(53-11)26(7)38(48)45-22-28-17-14-13-16-27(28)20-30(45)40(50)51/h13-14,16-17,23-26,29-31,33-36,41H,12,15,18-22H2,1-11H3,(H,42,47)(H,50,51)/t25-,26+,29-,30-,31+,33?,34-,35-,36+/m0/s1. The predicted octanol–water partition coefficient (Wildman–Crippen LogP) is 3.33. The second-order valence-electron chi connectivity index (χ2n) is 15.6. The molecule has 2 aliphatic rings. The number of amides is 4. The first-order valence-electron chi connectivity index (χ1n) is 19.2. The van der Waals surface area contributed by atoms with E-state index >= 15 is 0 Å². The number of methoxy groups -OCH3 is 2. The van der Waals surface area contributed by atoms with Crippen LogP contribution in [0.15, 0.2) is 24.3 Å². The molecule has 2 heterocycles. The third kappa shape index (κ3) is 10.2. The van der Waals surface area contributed by atoms with E-state index in [1.807, 2.05) is 65.8 Å². The van der Waals surface area contributed by atoms with Crippen molar-refractivity contribution in [1.82, 2.24) is 25.3 Å². The molecule has 0 bridgehead atoms. The van der Waals surface area contributed by atoms with E-state index in [1.165, 1.54) is 12.0 Å². The Morgan fingerprint density at radius 2 is 1.57 bits per heavy atom. The average Bonchev–Trinajstić information content (AvgIpc) is 3.62. The molecule has 1 aromatic carbocycles. The zero-order valence-corrected chi connectivity index (χ0v) is 33.8. The first-order chi connectivity index (χ1) is 25.0. The maximum Gasteiger partial charge on any atom is 0.326 e. The van der Waals surface area contributed by atoms with Gasteiger partial charge in [0.05, 0.1) is 42.7 Å². The quantitative estimate of drug-likeness (QED) is 0.205. The largest absolute Gasteiger partial charge is 0.480 e. The van der Waals surface area contributed by atoms with Gasteiger partial charge in [0, 0.05) is 40.8 Å². The second-order valence-corrected chi connectivity index (χ2v) is 15.6. The van der Waals surface area contributed by atoms with Gasteiger partial charge in [-0.2, -0.15) is 0 Å². The van der Waals surface area contributed by atoms with Crippen LogP contribution in [0.1, 0.15) is 85.3 Å². The van der Waals surface area contributed by atoms with E-state index < -0.39 is 54.3 Å². The van der Waals surface area contributed by atoms with Gasteiger partial charge in [0.25, 0.3) is 0 Å². The number of benzene rings is 1. The lowest BCUT2D eigenvalue weighted by Crippen LogP contribution is -2.59. The van der Waals surface area contributed by atoms with Crippen molar-refractivity contribution in [2.24, 2.45) is 23.7 Å². The van der Waals surface area contributed by atoms with Gasteiger partial charge in [-0.1, -0.05) is 79.2 Å². The minimum Gasteiger partial charge on any atom is -0.480 e. The van der Waals surface area contributed by atoms with Gasteiger partial charge in [0.2, 0.25) is 23.6 Å². The molecule has 298 valence electrons. The Hall–Kier alpha value is -3.55. The van der Waals surface area contributed by atoms with Crippen LogP contribution in [0.2, 0.25) is 0 Å². The number of carboxylic acid groups (broad SMARTS) is 1. The van der Waals surface area contributed by atoms with Crippen LogP contribution in [0.5, 0.6) is 0 Å². The minimum atomic E-state index is -1.06. The van der Waals surface area contributed by atoms with Crippen molar-refractivity contribution in [2.75, 3.05) is 34.9 Å². The van der Waals surface area contributed by atoms with Crippen molar-refractivity contribution < 1.29 is 38.6 Å². The van der Waals surface area contributed by atoms with Gasteiger partial charge in [-0.25, -0.2) is 4.79 Å². The Balaban J connectivity index is 1.82. The molecule has 1 fully saturated rings. The van der Waals surface area contributed by atoms with Crippen molar-refractivity contribution >= 4 is 29.6 Å². The Kier molecular flexibility index (Phi) is 16.3. The van der Waals surface area contributed by atoms with Gasteiger partial charge in [0.1, 0.15) is 12.1 Å². The Labute approximate surface area is 316 Å². The lowest BCUT2D eigenvalue weighted by molar-refractivity contribution is -0.157. The van der Waals surface area contributed by atoms with Gasteiger partial charge in [0.15, 0.2) is 0 Å². The van der Waals surface area contributed by atoms with E-state index in [0.29, 0.717) is 13.0 Å². The molecule has 3 rings (SSSR count). The van der Waals surface area contributed by atoms with E-state index in [4.69, 9.17) is 9.47 Å². The van der Waals surface area contributed by atoms with Gasteiger partial charge in [-0.3, -0.25) is 19.2 Å². The second kappa shape index (κ2) is 19.7. The summed E-state index contributed by atoms with van der Waals surface area (Å²) < 4.78 is 12.0. The van der Waals surface area contributed by atoms with E-state index in [0.717, 1.165) is 24.0 Å². The van der Waals surface area contributed by atoms with E-state index in [9.17, 15) is 29.1 Å². The fraction of sp³-hybridized carbons (Fsp3) is 0.725. The zero-order valence-electron chi connectivity index (χ0n) is 33.8. The van der Waals surface area contributed by atoms with Crippen LogP contribution in [-0.4, -0.2) is 127 Å². The molecule has 0 aromatic heterocycles. The maximum atomic E-state index is 14.2. The molecule has 13 heteroatoms. The number of nitrogens with one attached hydrogen (secondary N) is 2. The summed E-state index contributed by atoms with van der Waals surface area (Å²) in [6, 6.07) is 4.45. The highest BCUT2D eigenvalue weighted by Crippen LogP contribution is 2.32. The van der Waals surface area contributed by atoms with Crippen molar-refractivity contribution in [3.63, 3.8) is 0 Å². The number of hydrogen-bond acceptors (Lipinski definition) is 8.